The Bertz CT molecular complexity index is 857. The van der Waals surface area contributed by atoms with E-state index in [1.54, 1.807) is 6.07 Å². The fourth-order valence-electron chi connectivity index (χ4n) is 4.40. The third-order valence-corrected chi connectivity index (χ3v) is 6.10. The van der Waals surface area contributed by atoms with E-state index in [4.69, 9.17) is 16.3 Å². The molecule has 1 aromatic carbocycles. The largest absolute Gasteiger partial charge is 0.463 e. The highest BCUT2D eigenvalue weighted by molar-refractivity contribution is 6.99. The van der Waals surface area contributed by atoms with Gasteiger partial charge in [-0.3, -0.25) is 0 Å². The van der Waals surface area contributed by atoms with Crippen LogP contribution in [0, 0.1) is 29.5 Å². The van der Waals surface area contributed by atoms with E-state index in [2.05, 4.69) is 25.5 Å². The smallest absolute Gasteiger partial charge is 0.250 e. The van der Waals surface area contributed by atoms with Crippen molar-refractivity contribution in [1.29, 1.82) is 0 Å². The molecule has 4 nitrogen and oxygen atoms in total. The van der Waals surface area contributed by atoms with E-state index < -0.39 is 5.82 Å². The average molecular weight is 362 g/mol. The fraction of sp³-hybridized carbons (Fsp3) is 0.412. The summed E-state index contributed by atoms with van der Waals surface area (Å²) in [7, 11) is 0. The summed E-state index contributed by atoms with van der Waals surface area (Å²) in [5.41, 5.74) is 1.73. The van der Waals surface area contributed by atoms with Crippen molar-refractivity contribution in [1.82, 2.24) is 13.6 Å². The first-order chi connectivity index (χ1) is 11.7. The van der Waals surface area contributed by atoms with Crippen LogP contribution in [0.5, 0.6) is 5.88 Å². The van der Waals surface area contributed by atoms with Gasteiger partial charge in [-0.05, 0) is 30.0 Å². The van der Waals surface area contributed by atoms with E-state index in [0.29, 0.717) is 16.5 Å². The van der Waals surface area contributed by atoms with Gasteiger partial charge in [0.15, 0.2) is 6.61 Å². The van der Waals surface area contributed by atoms with Gasteiger partial charge in [0.25, 0.3) is 5.88 Å². The number of benzene rings is 1. The van der Waals surface area contributed by atoms with Crippen LogP contribution in [0.25, 0.3) is 0 Å². The van der Waals surface area contributed by atoms with E-state index in [-0.39, 0.29) is 12.0 Å². The molecule has 4 bridgehead atoms. The summed E-state index contributed by atoms with van der Waals surface area (Å²) in [6.45, 7) is 3.64. The average Bonchev–Trinajstić information content (AvgIpc) is 3.12. The summed E-state index contributed by atoms with van der Waals surface area (Å²) in [6.07, 6.45) is 0. The van der Waals surface area contributed by atoms with Gasteiger partial charge in [-0.1, -0.05) is 23.4 Å². The summed E-state index contributed by atoms with van der Waals surface area (Å²) >= 11 is 7.01. The van der Waals surface area contributed by atoms with Gasteiger partial charge in [-0.2, -0.15) is 4.37 Å². The molecule has 0 N–H and O–H groups in total. The summed E-state index contributed by atoms with van der Waals surface area (Å²) < 4.78 is 27.8. The standard InChI is InChI=1S/C17H13ClFN3OS/c18-11-4-10(5-12(19)6-11)2-1-3-23-16-15(20-24-21-16)17-9-22-7-13(17)14(17)8-22/h4-6,13-14H,3,7-9H2/t13-,14+,17?. The number of hydrogen-bond acceptors (Lipinski definition) is 5. The van der Waals surface area contributed by atoms with Crippen LogP contribution >= 0.6 is 23.3 Å². The fourth-order valence-corrected chi connectivity index (χ4v) is 5.21. The van der Waals surface area contributed by atoms with Crippen molar-refractivity contribution in [2.24, 2.45) is 11.8 Å². The number of halogens is 2. The number of piperidine rings is 3. The first-order valence-electron chi connectivity index (χ1n) is 7.80. The summed E-state index contributed by atoms with van der Waals surface area (Å²) in [5.74, 6) is 7.42. The normalized spacial score (nSPS) is 31.7. The molecule has 0 spiro atoms. The molecule has 1 aliphatic carbocycles. The molecule has 4 fully saturated rings. The van der Waals surface area contributed by atoms with E-state index in [0.717, 1.165) is 24.1 Å². The predicted molar refractivity (Wildman–Crippen MR) is 88.8 cm³/mol. The molecular weight excluding hydrogens is 349 g/mol. The minimum Gasteiger partial charge on any atom is -0.463 e. The quantitative estimate of drug-likeness (QED) is 0.788. The topological polar surface area (TPSA) is 38.3 Å². The molecule has 2 aromatic rings. The molecule has 3 saturated heterocycles. The summed E-state index contributed by atoms with van der Waals surface area (Å²) in [5, 5.41) is 0.334. The minimum atomic E-state index is -0.396. The monoisotopic (exact) mass is 361 g/mol. The lowest BCUT2D eigenvalue weighted by atomic mass is 10.0. The Hall–Kier alpha value is -1.68. The van der Waals surface area contributed by atoms with Gasteiger partial charge in [0, 0.05) is 35.6 Å². The van der Waals surface area contributed by atoms with Crippen LogP contribution in [0.1, 0.15) is 11.3 Å². The Morgan fingerprint density at radius 1 is 1.33 bits per heavy atom. The van der Waals surface area contributed by atoms with Crippen molar-refractivity contribution in [3.63, 3.8) is 0 Å². The molecule has 0 radical (unpaired) electrons. The third kappa shape index (κ3) is 2.08. The number of ether oxygens (including phenoxy) is 1. The maximum atomic E-state index is 13.3. The molecule has 3 aliphatic heterocycles. The predicted octanol–water partition coefficient (Wildman–Crippen LogP) is 2.57. The molecule has 1 aromatic heterocycles. The Balaban J connectivity index is 1.29. The Morgan fingerprint density at radius 2 is 2.17 bits per heavy atom. The van der Waals surface area contributed by atoms with Crippen molar-refractivity contribution < 1.29 is 9.13 Å². The molecule has 24 heavy (non-hydrogen) atoms. The first kappa shape index (κ1) is 14.6. The third-order valence-electron chi connectivity index (χ3n) is 5.37. The van der Waals surface area contributed by atoms with Gasteiger partial charge < -0.3 is 9.64 Å². The number of rotatable bonds is 3. The first-order valence-corrected chi connectivity index (χ1v) is 8.91. The van der Waals surface area contributed by atoms with Crippen molar-refractivity contribution >= 4 is 23.3 Å². The second-order valence-corrected chi connectivity index (χ2v) is 7.58. The van der Waals surface area contributed by atoms with Gasteiger partial charge >= 0.3 is 0 Å². The van der Waals surface area contributed by atoms with Crippen molar-refractivity contribution in [3.05, 3.63) is 40.3 Å². The zero-order valence-electron chi connectivity index (χ0n) is 12.6. The Labute approximate surface area is 147 Å². The maximum Gasteiger partial charge on any atom is 0.250 e. The van der Waals surface area contributed by atoms with Crippen LogP contribution in [0.2, 0.25) is 5.02 Å². The number of nitrogens with zero attached hydrogens (tertiary/aromatic N) is 3. The van der Waals surface area contributed by atoms with Gasteiger partial charge in [0.05, 0.1) is 11.7 Å². The second kappa shape index (κ2) is 5.16. The van der Waals surface area contributed by atoms with Crippen molar-refractivity contribution in [3.8, 4) is 17.7 Å². The number of aromatic nitrogens is 2. The molecule has 7 heteroatoms. The molecule has 2 unspecified atom stereocenters. The lowest BCUT2D eigenvalue weighted by Crippen LogP contribution is -2.17. The highest BCUT2D eigenvalue weighted by atomic mass is 35.5. The highest BCUT2D eigenvalue weighted by Crippen LogP contribution is 2.70. The molecule has 4 aliphatic rings. The molecule has 4 heterocycles. The Morgan fingerprint density at radius 3 is 2.88 bits per heavy atom. The lowest BCUT2D eigenvalue weighted by Gasteiger charge is -2.09. The van der Waals surface area contributed by atoms with E-state index in [9.17, 15) is 4.39 Å². The van der Waals surface area contributed by atoms with Gasteiger partial charge in [-0.15, -0.1) is 4.37 Å². The molecule has 6 rings (SSSR count). The molecule has 0 amide bonds. The van der Waals surface area contributed by atoms with Gasteiger partial charge in [-0.25, -0.2) is 4.39 Å². The van der Waals surface area contributed by atoms with Gasteiger partial charge in [0.1, 0.15) is 11.5 Å². The Kier molecular flexibility index (Phi) is 3.15. The van der Waals surface area contributed by atoms with E-state index in [1.807, 2.05) is 0 Å². The van der Waals surface area contributed by atoms with Crippen LogP contribution in [-0.2, 0) is 5.41 Å². The summed E-state index contributed by atoms with van der Waals surface area (Å²) in [4.78, 5) is 2.49. The van der Waals surface area contributed by atoms with Crippen LogP contribution < -0.4 is 4.74 Å². The van der Waals surface area contributed by atoms with E-state index in [1.165, 1.54) is 37.0 Å². The molecule has 122 valence electrons. The molecule has 1 saturated carbocycles. The van der Waals surface area contributed by atoms with Crippen molar-refractivity contribution in [2.45, 2.75) is 5.41 Å². The molecular formula is C17H13ClFN3OS. The van der Waals surface area contributed by atoms with Crippen LogP contribution in [0.3, 0.4) is 0 Å². The summed E-state index contributed by atoms with van der Waals surface area (Å²) in [6, 6.07) is 4.23. The zero-order chi connectivity index (χ0) is 16.3. The second-order valence-electron chi connectivity index (χ2n) is 6.61. The lowest BCUT2D eigenvalue weighted by molar-refractivity contribution is 0.348. The van der Waals surface area contributed by atoms with Crippen LogP contribution in [0.15, 0.2) is 18.2 Å². The SMILES string of the molecule is Fc1cc(Cl)cc(C#CCOc2nsnc2C23CN4C[C@@H]2[C@@H]3C4)c1. The minimum absolute atomic E-state index is 0.186. The highest BCUT2D eigenvalue weighted by Gasteiger charge is 2.76. The van der Waals surface area contributed by atoms with Crippen LogP contribution in [0.4, 0.5) is 4.39 Å². The molecule has 4 atom stereocenters. The number of hydrogen-bond donors (Lipinski definition) is 0. The maximum absolute atomic E-state index is 13.3. The van der Waals surface area contributed by atoms with Gasteiger partial charge in [0.2, 0.25) is 0 Å². The zero-order valence-corrected chi connectivity index (χ0v) is 14.2. The van der Waals surface area contributed by atoms with E-state index >= 15 is 0 Å². The van der Waals surface area contributed by atoms with Crippen LogP contribution in [-0.4, -0.2) is 39.9 Å². The van der Waals surface area contributed by atoms with Crippen molar-refractivity contribution in [2.75, 3.05) is 26.2 Å².